The van der Waals surface area contributed by atoms with Crippen LogP contribution in [0.2, 0.25) is 5.02 Å². The first-order chi connectivity index (χ1) is 14.1. The van der Waals surface area contributed by atoms with Gasteiger partial charge in [-0.25, -0.2) is 0 Å². The van der Waals surface area contributed by atoms with E-state index in [1.165, 1.54) is 5.69 Å². The van der Waals surface area contributed by atoms with Gasteiger partial charge in [-0.15, -0.1) is 0 Å². The molecule has 0 atom stereocenters. The number of carbonyl (C=O) groups excluding carboxylic acids is 2. The molecule has 1 fully saturated rings. The van der Waals surface area contributed by atoms with Gasteiger partial charge in [0.2, 0.25) is 0 Å². The van der Waals surface area contributed by atoms with Crippen molar-refractivity contribution in [2.75, 3.05) is 44.2 Å². The molecule has 2 N–H and O–H groups in total. The van der Waals surface area contributed by atoms with Gasteiger partial charge in [0.25, 0.3) is 0 Å². The van der Waals surface area contributed by atoms with Gasteiger partial charge in [0.15, 0.2) is 0 Å². The van der Waals surface area contributed by atoms with Gasteiger partial charge in [0, 0.05) is 50.0 Å². The number of nitrogens with one attached hydrogen (secondary N) is 2. The fourth-order valence-corrected chi connectivity index (χ4v) is 3.44. The molecule has 154 valence electrons. The van der Waals surface area contributed by atoms with Crippen LogP contribution in [0.5, 0.6) is 0 Å². The average molecular weight is 415 g/mol. The summed E-state index contributed by atoms with van der Waals surface area (Å²) in [6.45, 7) is 5.72. The maximum absolute atomic E-state index is 11.9. The maximum Gasteiger partial charge on any atom is 0.309 e. The highest BCUT2D eigenvalue weighted by Gasteiger charge is 2.17. The summed E-state index contributed by atoms with van der Waals surface area (Å²) in [7, 11) is 0. The van der Waals surface area contributed by atoms with Crippen molar-refractivity contribution in [3.8, 4) is 0 Å². The van der Waals surface area contributed by atoms with Crippen molar-refractivity contribution in [1.29, 1.82) is 0 Å². The number of para-hydroxylation sites is 1. The van der Waals surface area contributed by atoms with Crippen LogP contribution in [0.1, 0.15) is 12.0 Å². The van der Waals surface area contributed by atoms with Crippen molar-refractivity contribution in [3.63, 3.8) is 0 Å². The summed E-state index contributed by atoms with van der Waals surface area (Å²) in [6, 6.07) is 17.6. The quantitative estimate of drug-likeness (QED) is 0.539. The van der Waals surface area contributed by atoms with Crippen molar-refractivity contribution in [2.24, 2.45) is 0 Å². The van der Waals surface area contributed by atoms with E-state index in [4.69, 9.17) is 11.6 Å². The predicted octanol–water partition coefficient (Wildman–Crippen LogP) is 2.28. The van der Waals surface area contributed by atoms with Gasteiger partial charge >= 0.3 is 11.8 Å². The van der Waals surface area contributed by atoms with Crippen molar-refractivity contribution >= 4 is 29.1 Å². The first kappa shape index (κ1) is 21.1. The summed E-state index contributed by atoms with van der Waals surface area (Å²) in [6.07, 6.45) is 0.821. The number of nitrogens with zero attached hydrogens (tertiary/aromatic N) is 2. The predicted molar refractivity (Wildman–Crippen MR) is 116 cm³/mol. The van der Waals surface area contributed by atoms with E-state index in [0.717, 1.165) is 44.7 Å². The minimum absolute atomic E-state index is 0.301. The summed E-state index contributed by atoms with van der Waals surface area (Å²) in [5.74, 6) is -1.20. The summed E-state index contributed by atoms with van der Waals surface area (Å²) in [4.78, 5) is 28.6. The van der Waals surface area contributed by atoms with Gasteiger partial charge in [-0.2, -0.15) is 0 Å². The molecule has 1 heterocycles. The molecule has 3 rings (SSSR count). The van der Waals surface area contributed by atoms with Gasteiger partial charge < -0.3 is 15.5 Å². The van der Waals surface area contributed by atoms with Gasteiger partial charge in [-0.05, 0) is 42.8 Å². The maximum atomic E-state index is 11.9. The van der Waals surface area contributed by atoms with Crippen molar-refractivity contribution in [1.82, 2.24) is 15.5 Å². The molecular formula is C22H27ClN4O2. The molecule has 2 aromatic rings. The van der Waals surface area contributed by atoms with E-state index in [2.05, 4.69) is 44.7 Å². The molecule has 0 unspecified atom stereocenters. The van der Waals surface area contributed by atoms with Gasteiger partial charge in [0.05, 0.1) is 0 Å². The Labute approximate surface area is 176 Å². The van der Waals surface area contributed by atoms with Crippen LogP contribution in [-0.2, 0) is 16.1 Å². The van der Waals surface area contributed by atoms with E-state index in [1.807, 2.05) is 18.2 Å². The zero-order valence-electron chi connectivity index (χ0n) is 16.4. The number of halogens is 1. The van der Waals surface area contributed by atoms with E-state index in [-0.39, 0.29) is 0 Å². The number of hydrogen-bond donors (Lipinski definition) is 2. The lowest BCUT2D eigenvalue weighted by Crippen LogP contribution is -2.47. The largest absolute Gasteiger partial charge is 0.369 e. The minimum atomic E-state index is -0.614. The van der Waals surface area contributed by atoms with Crippen molar-refractivity contribution in [3.05, 3.63) is 65.2 Å². The summed E-state index contributed by atoms with van der Waals surface area (Å²) >= 11 is 5.83. The Balaban J connectivity index is 1.28. The van der Waals surface area contributed by atoms with Crippen molar-refractivity contribution in [2.45, 2.75) is 13.0 Å². The van der Waals surface area contributed by atoms with E-state index in [0.29, 0.717) is 18.1 Å². The van der Waals surface area contributed by atoms with Crippen LogP contribution in [0.3, 0.4) is 0 Å². The van der Waals surface area contributed by atoms with Crippen LogP contribution in [0.4, 0.5) is 5.69 Å². The fraction of sp³-hybridized carbons (Fsp3) is 0.364. The van der Waals surface area contributed by atoms with Crippen molar-refractivity contribution < 1.29 is 9.59 Å². The normalized spacial score (nSPS) is 14.4. The fourth-order valence-electron chi connectivity index (χ4n) is 3.32. The highest BCUT2D eigenvalue weighted by molar-refractivity contribution is 6.35. The first-order valence-electron chi connectivity index (χ1n) is 9.94. The number of rotatable bonds is 7. The number of amides is 2. The zero-order valence-corrected chi connectivity index (χ0v) is 17.2. The highest BCUT2D eigenvalue weighted by Crippen LogP contribution is 2.15. The van der Waals surface area contributed by atoms with Crippen LogP contribution in [-0.4, -0.2) is 56.0 Å². The number of anilines is 1. The second kappa shape index (κ2) is 10.8. The Bertz CT molecular complexity index is 790. The van der Waals surface area contributed by atoms with Crippen LogP contribution in [0, 0.1) is 0 Å². The van der Waals surface area contributed by atoms with E-state index >= 15 is 0 Å². The third-order valence-corrected chi connectivity index (χ3v) is 5.25. The van der Waals surface area contributed by atoms with E-state index in [1.54, 1.807) is 12.1 Å². The molecule has 1 aliphatic heterocycles. The van der Waals surface area contributed by atoms with Gasteiger partial charge in [-0.3, -0.25) is 14.5 Å². The minimum Gasteiger partial charge on any atom is -0.369 e. The van der Waals surface area contributed by atoms with Crippen LogP contribution in [0.25, 0.3) is 0 Å². The molecule has 7 heteroatoms. The Kier molecular flexibility index (Phi) is 7.90. The van der Waals surface area contributed by atoms with Gasteiger partial charge in [-0.1, -0.05) is 41.9 Å². The third-order valence-electron chi connectivity index (χ3n) is 5.00. The summed E-state index contributed by atoms with van der Waals surface area (Å²) in [5, 5.41) is 5.95. The molecule has 0 radical (unpaired) electrons. The molecule has 0 bridgehead atoms. The lowest BCUT2D eigenvalue weighted by Gasteiger charge is -2.36. The van der Waals surface area contributed by atoms with Gasteiger partial charge in [0.1, 0.15) is 0 Å². The number of carbonyl (C=O) groups is 2. The van der Waals surface area contributed by atoms with Crippen LogP contribution >= 0.6 is 11.6 Å². The lowest BCUT2D eigenvalue weighted by molar-refractivity contribution is -0.139. The van der Waals surface area contributed by atoms with Crippen LogP contribution in [0.15, 0.2) is 54.6 Å². The first-order valence-corrected chi connectivity index (χ1v) is 10.3. The van der Waals surface area contributed by atoms with E-state index in [9.17, 15) is 9.59 Å². The smallest absolute Gasteiger partial charge is 0.309 e. The molecule has 29 heavy (non-hydrogen) atoms. The number of piperazine rings is 1. The molecule has 2 amide bonds. The molecule has 0 aliphatic carbocycles. The topological polar surface area (TPSA) is 64.7 Å². The molecule has 1 aliphatic rings. The molecule has 6 nitrogen and oxygen atoms in total. The van der Waals surface area contributed by atoms with E-state index < -0.39 is 11.8 Å². The molecular weight excluding hydrogens is 388 g/mol. The Morgan fingerprint density at radius 1 is 0.862 bits per heavy atom. The third kappa shape index (κ3) is 6.76. The standard InChI is InChI=1S/C22H27ClN4O2/c23-19-9-7-18(8-10-19)17-25-22(29)21(28)24-11-4-12-26-13-15-27(16-14-26)20-5-2-1-3-6-20/h1-3,5-10H,4,11-17H2,(H,24,28)(H,25,29). The summed E-state index contributed by atoms with van der Waals surface area (Å²) < 4.78 is 0. The lowest BCUT2D eigenvalue weighted by atomic mass is 10.2. The molecule has 0 saturated carbocycles. The van der Waals surface area contributed by atoms with Crippen LogP contribution < -0.4 is 15.5 Å². The molecule has 0 spiro atoms. The Morgan fingerprint density at radius 3 is 2.21 bits per heavy atom. The molecule has 0 aromatic heterocycles. The molecule has 2 aromatic carbocycles. The monoisotopic (exact) mass is 414 g/mol. The number of hydrogen-bond acceptors (Lipinski definition) is 4. The zero-order chi connectivity index (χ0) is 20.5. The highest BCUT2D eigenvalue weighted by atomic mass is 35.5. The number of benzene rings is 2. The molecule has 1 saturated heterocycles. The second-order valence-corrected chi connectivity index (χ2v) is 7.52. The second-order valence-electron chi connectivity index (χ2n) is 7.08. The average Bonchev–Trinajstić information content (AvgIpc) is 2.77. The Hall–Kier alpha value is -2.57. The Morgan fingerprint density at radius 2 is 1.52 bits per heavy atom. The summed E-state index contributed by atoms with van der Waals surface area (Å²) in [5.41, 5.74) is 2.16. The SMILES string of the molecule is O=C(NCCCN1CCN(c2ccccc2)CC1)C(=O)NCc1ccc(Cl)cc1.